The van der Waals surface area contributed by atoms with Crippen molar-refractivity contribution in [1.82, 2.24) is 0 Å². The first-order chi connectivity index (χ1) is 31.4. The summed E-state index contributed by atoms with van der Waals surface area (Å²) >= 11 is 2.92. The second-order valence-electron chi connectivity index (χ2n) is 15.1. The van der Waals surface area contributed by atoms with Crippen molar-refractivity contribution >= 4 is 28.0 Å². The molecule has 2 aliphatic rings. The summed E-state index contributed by atoms with van der Waals surface area (Å²) in [5.74, 6) is 0. The van der Waals surface area contributed by atoms with Gasteiger partial charge in [0.05, 0.1) is 0 Å². The molecule has 4 heteroatoms. The molecule has 0 amide bonds. The summed E-state index contributed by atoms with van der Waals surface area (Å²) in [6.45, 7) is 8.79. The van der Waals surface area contributed by atoms with E-state index in [1.165, 1.54) is 134 Å². The monoisotopic (exact) mass is 1050 g/mol. The normalized spacial score (nSPS) is 11.8. The van der Waals surface area contributed by atoms with Gasteiger partial charge in [0, 0.05) is 0 Å². The Morgan fingerprint density at radius 3 is 0.939 bits per heavy atom. The number of allylic oxidation sites excluding steroid dienone is 8. The zero-order valence-corrected chi connectivity index (χ0v) is 45.2. The fourth-order valence-electron chi connectivity index (χ4n) is 7.38. The molecule has 66 heavy (non-hydrogen) atoms. The average Bonchev–Trinajstić information content (AvgIpc) is 4.23. The SMILES string of the molecule is CCC1=[C-]CC=C1CC.CCC1=[C-]CC=C1CC.[Cl-].[Cl-].[Zr+2]=[C](c1ccccc1)c1ccccc1.[Zr+2]=[C](c1ccccc1)c1ccccc1.c1ccc2[cH-]ccc2c1.c1ccc2[cH-]ccc2c1. The predicted molar refractivity (Wildman–Crippen MR) is 271 cm³/mol. The van der Waals surface area contributed by atoms with E-state index in [0.29, 0.717) is 0 Å². The van der Waals surface area contributed by atoms with Gasteiger partial charge in [0.25, 0.3) is 0 Å². The fourth-order valence-corrected chi connectivity index (χ4v) is 9.02. The molecular weight excluding hydrogens is 998 g/mol. The Balaban J connectivity index is 0.000000211. The van der Waals surface area contributed by atoms with E-state index in [0.717, 1.165) is 25.7 Å². The van der Waals surface area contributed by atoms with Gasteiger partial charge in [-0.2, -0.15) is 58.3 Å². The Morgan fingerprint density at radius 1 is 0.394 bits per heavy atom. The number of benzene rings is 6. The van der Waals surface area contributed by atoms with Gasteiger partial charge in [0.1, 0.15) is 0 Å². The summed E-state index contributed by atoms with van der Waals surface area (Å²) in [4.78, 5) is 0. The van der Waals surface area contributed by atoms with Crippen molar-refractivity contribution in [2.24, 2.45) is 0 Å². The molecule has 0 saturated carbocycles. The summed E-state index contributed by atoms with van der Waals surface area (Å²) in [7, 11) is 0. The number of hydrogen-bond donors (Lipinski definition) is 0. The Labute approximate surface area is 438 Å². The molecule has 0 saturated heterocycles. The van der Waals surface area contributed by atoms with Crippen molar-refractivity contribution in [3.63, 3.8) is 0 Å². The molecule has 0 aliphatic heterocycles. The van der Waals surface area contributed by atoms with Crippen molar-refractivity contribution in [1.29, 1.82) is 0 Å². The zero-order valence-electron chi connectivity index (χ0n) is 38.8. The van der Waals surface area contributed by atoms with Crippen molar-refractivity contribution < 1.29 is 73.3 Å². The van der Waals surface area contributed by atoms with Gasteiger partial charge in [-0.25, -0.2) is 11.1 Å². The van der Waals surface area contributed by atoms with Crippen LogP contribution in [0.4, 0.5) is 0 Å². The molecule has 0 N–H and O–H groups in total. The minimum Gasteiger partial charge on any atom is -0.168 e. The topological polar surface area (TPSA) is 0 Å². The van der Waals surface area contributed by atoms with Gasteiger partial charge in [-0.1, -0.05) is 65.5 Å². The van der Waals surface area contributed by atoms with Gasteiger partial charge in [0.2, 0.25) is 0 Å². The minimum absolute atomic E-state index is 0. The molecule has 0 heterocycles. The quantitative estimate of drug-likeness (QED) is 0.133. The molecule has 0 aromatic heterocycles. The van der Waals surface area contributed by atoms with Crippen LogP contribution in [0, 0.1) is 12.2 Å². The summed E-state index contributed by atoms with van der Waals surface area (Å²) in [5, 5.41) is 5.32. The van der Waals surface area contributed by atoms with E-state index in [4.69, 9.17) is 0 Å². The molecule has 0 unspecified atom stereocenters. The van der Waals surface area contributed by atoms with Crippen molar-refractivity contribution in [3.05, 3.63) is 275 Å². The first-order valence-corrected chi connectivity index (χ1v) is 25.1. The van der Waals surface area contributed by atoms with Gasteiger partial charge in [-0.3, -0.25) is 12.2 Å². The molecule has 8 aromatic rings. The summed E-state index contributed by atoms with van der Waals surface area (Å²) in [6.07, 6.45) is 18.0. The Morgan fingerprint density at radius 2 is 0.682 bits per heavy atom. The second kappa shape index (κ2) is 32.3. The van der Waals surface area contributed by atoms with E-state index in [1.807, 2.05) is 0 Å². The van der Waals surface area contributed by atoms with Crippen LogP contribution in [0.15, 0.2) is 241 Å². The molecule has 0 spiro atoms. The van der Waals surface area contributed by atoms with E-state index >= 15 is 0 Å². The van der Waals surface area contributed by atoms with Crippen LogP contribution in [0.25, 0.3) is 21.5 Å². The standard InChI is InChI=1S/2C13H10.2C9H7.2C9H13.2ClH.2Zr/c2*1-3-7-12(8-4-1)11-13-9-5-2-6-10-13;2*1-2-5-9-7-3-6-8(9)4-1;2*1-3-8-6-5-7-9(8)4-2;;;;/h2*1-10H;2*1-7H;2*6H,3-5H2,1-2H3;2*1H;;/q;;4*-1;;;2*+2/p-2. The van der Waals surface area contributed by atoms with Gasteiger partial charge in [0.15, 0.2) is 0 Å². The Kier molecular flexibility index (Phi) is 27.4. The third kappa shape index (κ3) is 18.3. The van der Waals surface area contributed by atoms with Crippen LogP contribution in [-0.2, 0) is 48.5 Å². The Hall–Kier alpha value is -4.41. The maximum absolute atomic E-state index is 3.33. The van der Waals surface area contributed by atoms with Gasteiger partial charge in [-0.15, -0.1) is 72.1 Å². The Bertz CT molecular complexity index is 2350. The van der Waals surface area contributed by atoms with Gasteiger partial charge >= 0.3 is 198 Å². The smallest absolute Gasteiger partial charge is 0.0809 e. The maximum atomic E-state index is 3.33. The minimum atomic E-state index is 0. The number of fused-ring (bicyclic) bond motifs is 2. The van der Waals surface area contributed by atoms with Gasteiger partial charge in [-0.05, 0) is 0 Å². The van der Waals surface area contributed by atoms with Gasteiger partial charge < -0.3 is 24.8 Å². The maximum Gasteiger partial charge on any atom is -0.0809 e. The molecule has 8 aromatic carbocycles. The molecule has 2 aliphatic carbocycles. The van der Waals surface area contributed by atoms with Crippen molar-refractivity contribution in [2.75, 3.05) is 0 Å². The largest absolute Gasteiger partial charge is 0.168 e. The molecule has 0 radical (unpaired) electrons. The number of rotatable bonds is 8. The van der Waals surface area contributed by atoms with Crippen LogP contribution >= 0.6 is 0 Å². The fraction of sp³-hybridized carbons (Fsp3) is 0.161. The summed E-state index contributed by atoms with van der Waals surface area (Å²) in [6, 6.07) is 71.6. The summed E-state index contributed by atoms with van der Waals surface area (Å²) in [5.41, 5.74) is 11.2. The second-order valence-corrected chi connectivity index (χ2v) is 17.6. The molecule has 0 bridgehead atoms. The molecule has 0 atom stereocenters. The number of halogens is 2. The third-order valence-corrected chi connectivity index (χ3v) is 13.8. The molecular formula is C62H60Cl2Zr2-2. The molecule has 0 nitrogen and oxygen atoms in total. The first-order valence-electron chi connectivity index (χ1n) is 22.6. The van der Waals surface area contributed by atoms with Crippen LogP contribution in [0.1, 0.15) is 88.5 Å². The average molecular weight is 1060 g/mol. The van der Waals surface area contributed by atoms with Crippen LogP contribution in [-0.4, -0.2) is 6.41 Å². The zero-order chi connectivity index (χ0) is 45.2. The summed E-state index contributed by atoms with van der Waals surface area (Å²) < 4.78 is 2.83. The van der Waals surface area contributed by atoms with E-state index in [9.17, 15) is 0 Å². The molecule has 10 rings (SSSR count). The van der Waals surface area contributed by atoms with Crippen LogP contribution in [0.3, 0.4) is 0 Å². The molecule has 332 valence electrons. The van der Waals surface area contributed by atoms with Crippen LogP contribution in [0.5, 0.6) is 0 Å². The van der Waals surface area contributed by atoms with Crippen LogP contribution in [0.2, 0.25) is 0 Å². The van der Waals surface area contributed by atoms with E-state index in [1.54, 1.807) is 0 Å². The van der Waals surface area contributed by atoms with Crippen LogP contribution < -0.4 is 24.8 Å². The first kappa shape index (κ1) is 55.9. The van der Waals surface area contributed by atoms with E-state index in [2.05, 4.69) is 258 Å². The number of hydrogen-bond acceptors (Lipinski definition) is 0. The van der Waals surface area contributed by atoms with Crippen molar-refractivity contribution in [2.45, 2.75) is 66.2 Å². The molecule has 0 fully saturated rings. The van der Waals surface area contributed by atoms with E-state index < -0.39 is 0 Å². The predicted octanol–water partition coefficient (Wildman–Crippen LogP) is 10.5. The van der Waals surface area contributed by atoms with Crippen molar-refractivity contribution in [3.8, 4) is 0 Å². The van der Waals surface area contributed by atoms with E-state index in [-0.39, 0.29) is 24.8 Å². The third-order valence-electron chi connectivity index (χ3n) is 10.9.